The Morgan fingerprint density at radius 2 is 2.13 bits per heavy atom. The second-order valence-corrected chi connectivity index (χ2v) is 5.92. The molecule has 1 fully saturated rings. The van der Waals surface area contributed by atoms with E-state index in [1.807, 2.05) is 30.6 Å². The Kier molecular flexibility index (Phi) is 4.13. The molecule has 1 aromatic heterocycles. The van der Waals surface area contributed by atoms with Crippen LogP contribution < -0.4 is 14.8 Å². The predicted octanol–water partition coefficient (Wildman–Crippen LogP) is 2.00. The van der Waals surface area contributed by atoms with E-state index in [1.165, 1.54) is 11.1 Å². The van der Waals surface area contributed by atoms with Gasteiger partial charge >= 0.3 is 0 Å². The van der Waals surface area contributed by atoms with Gasteiger partial charge in [-0.2, -0.15) is 0 Å². The molecule has 0 aliphatic carbocycles. The van der Waals surface area contributed by atoms with Crippen LogP contribution >= 0.6 is 0 Å². The third-order valence-corrected chi connectivity index (χ3v) is 4.44. The van der Waals surface area contributed by atoms with Crippen LogP contribution in [0.15, 0.2) is 42.7 Å². The van der Waals surface area contributed by atoms with Gasteiger partial charge in [0.2, 0.25) is 0 Å². The minimum absolute atomic E-state index is 0.331. The van der Waals surface area contributed by atoms with Crippen molar-refractivity contribution in [1.82, 2.24) is 15.2 Å². The number of piperazine rings is 1. The maximum absolute atomic E-state index is 5.86. The summed E-state index contributed by atoms with van der Waals surface area (Å²) in [5.74, 6) is 1.77. The van der Waals surface area contributed by atoms with Crippen LogP contribution in [0.1, 0.15) is 17.2 Å². The van der Waals surface area contributed by atoms with Gasteiger partial charge in [-0.3, -0.25) is 9.88 Å². The fraction of sp³-hybridized carbons (Fsp3) is 0.389. The Hall–Kier alpha value is -2.11. The largest absolute Gasteiger partial charge is 0.486 e. The van der Waals surface area contributed by atoms with Crippen molar-refractivity contribution < 1.29 is 9.47 Å². The summed E-state index contributed by atoms with van der Waals surface area (Å²) in [7, 11) is 0. The summed E-state index contributed by atoms with van der Waals surface area (Å²) in [5, 5.41) is 3.49. The number of nitrogens with one attached hydrogen (secondary N) is 1. The predicted molar refractivity (Wildman–Crippen MR) is 87.7 cm³/mol. The van der Waals surface area contributed by atoms with E-state index in [2.05, 4.69) is 27.3 Å². The van der Waals surface area contributed by atoms with E-state index in [1.54, 1.807) is 0 Å². The van der Waals surface area contributed by atoms with E-state index < -0.39 is 0 Å². The molecule has 5 nitrogen and oxygen atoms in total. The van der Waals surface area contributed by atoms with Gasteiger partial charge in [0.05, 0.1) is 0 Å². The molecule has 1 unspecified atom stereocenters. The molecule has 1 N–H and O–H groups in total. The lowest BCUT2D eigenvalue weighted by atomic mass is 10.0. The highest BCUT2D eigenvalue weighted by molar-refractivity contribution is 5.47. The summed E-state index contributed by atoms with van der Waals surface area (Å²) in [4.78, 5) is 6.76. The molecule has 1 atom stereocenters. The molecule has 2 aliphatic rings. The summed E-state index contributed by atoms with van der Waals surface area (Å²) in [6.07, 6.45) is 3.79. The molecule has 2 aliphatic heterocycles. The van der Waals surface area contributed by atoms with Crippen molar-refractivity contribution in [3.8, 4) is 11.5 Å². The normalized spacial score (nSPS) is 21.1. The molecule has 23 heavy (non-hydrogen) atoms. The first-order chi connectivity index (χ1) is 11.4. The Morgan fingerprint density at radius 1 is 1.17 bits per heavy atom. The van der Waals surface area contributed by atoms with Gasteiger partial charge < -0.3 is 14.8 Å². The van der Waals surface area contributed by atoms with Crippen molar-refractivity contribution in [3.05, 3.63) is 53.9 Å². The van der Waals surface area contributed by atoms with E-state index in [-0.39, 0.29) is 0 Å². The Balaban J connectivity index is 1.59. The van der Waals surface area contributed by atoms with Crippen molar-refractivity contribution in [1.29, 1.82) is 0 Å². The second kappa shape index (κ2) is 6.56. The SMILES string of the molecule is c1cncc(C2CNCCN2Cc2cccc3c2OCCO3)c1. The number of nitrogens with zero attached hydrogens (tertiary/aromatic N) is 2. The number of aromatic nitrogens is 1. The van der Waals surface area contributed by atoms with Gasteiger partial charge in [0.25, 0.3) is 0 Å². The van der Waals surface area contributed by atoms with Crippen LogP contribution in [0, 0.1) is 0 Å². The number of ether oxygens (including phenoxy) is 2. The van der Waals surface area contributed by atoms with E-state index in [4.69, 9.17) is 9.47 Å². The summed E-state index contributed by atoms with van der Waals surface area (Å²) < 4.78 is 11.6. The lowest BCUT2D eigenvalue weighted by Gasteiger charge is -2.37. The van der Waals surface area contributed by atoms with Crippen LogP contribution in [0.5, 0.6) is 11.5 Å². The molecule has 1 aromatic carbocycles. The number of hydrogen-bond donors (Lipinski definition) is 1. The maximum atomic E-state index is 5.86. The maximum Gasteiger partial charge on any atom is 0.165 e. The zero-order valence-electron chi connectivity index (χ0n) is 13.1. The fourth-order valence-corrected chi connectivity index (χ4v) is 3.31. The summed E-state index contributed by atoms with van der Waals surface area (Å²) in [6.45, 7) is 5.05. The average molecular weight is 311 g/mol. The molecule has 4 rings (SSSR count). The molecular formula is C18H21N3O2. The van der Waals surface area contributed by atoms with Crippen molar-refractivity contribution in [3.63, 3.8) is 0 Å². The monoisotopic (exact) mass is 311 g/mol. The van der Waals surface area contributed by atoms with Gasteiger partial charge in [-0.25, -0.2) is 0 Å². The van der Waals surface area contributed by atoms with E-state index in [0.29, 0.717) is 19.3 Å². The molecule has 3 heterocycles. The smallest absolute Gasteiger partial charge is 0.165 e. The summed E-state index contributed by atoms with van der Waals surface area (Å²) in [6, 6.07) is 10.6. The first-order valence-corrected chi connectivity index (χ1v) is 8.14. The standard InChI is InChI=1S/C18H21N3O2/c1-3-15(18-17(5-1)22-9-10-23-18)13-21-8-7-20-12-16(21)14-4-2-6-19-11-14/h1-6,11,16,20H,7-10,12-13H2. The van der Waals surface area contributed by atoms with Gasteiger partial charge in [-0.15, -0.1) is 0 Å². The third-order valence-electron chi connectivity index (χ3n) is 4.44. The van der Waals surface area contributed by atoms with Crippen LogP contribution in [0.4, 0.5) is 0 Å². The van der Waals surface area contributed by atoms with Gasteiger partial charge in [0.15, 0.2) is 11.5 Å². The second-order valence-electron chi connectivity index (χ2n) is 5.92. The fourth-order valence-electron chi connectivity index (χ4n) is 3.31. The molecule has 2 aromatic rings. The van der Waals surface area contributed by atoms with Gasteiger partial charge in [0.1, 0.15) is 13.2 Å². The van der Waals surface area contributed by atoms with Crippen molar-refractivity contribution in [2.75, 3.05) is 32.8 Å². The van der Waals surface area contributed by atoms with Crippen LogP contribution in [0.25, 0.3) is 0 Å². The highest BCUT2D eigenvalue weighted by Crippen LogP contribution is 2.35. The molecule has 0 radical (unpaired) electrons. The first kappa shape index (κ1) is 14.5. The van der Waals surface area contributed by atoms with Crippen molar-refractivity contribution >= 4 is 0 Å². The minimum atomic E-state index is 0.331. The molecule has 120 valence electrons. The van der Waals surface area contributed by atoms with Crippen molar-refractivity contribution in [2.45, 2.75) is 12.6 Å². The summed E-state index contributed by atoms with van der Waals surface area (Å²) in [5.41, 5.74) is 2.44. The van der Waals surface area contributed by atoms with Crippen LogP contribution in [-0.4, -0.2) is 42.7 Å². The molecule has 0 bridgehead atoms. The topological polar surface area (TPSA) is 46.6 Å². The summed E-state index contributed by atoms with van der Waals surface area (Å²) >= 11 is 0. The van der Waals surface area contributed by atoms with Crippen LogP contribution in [-0.2, 0) is 6.54 Å². The highest BCUT2D eigenvalue weighted by Gasteiger charge is 2.26. The number of hydrogen-bond acceptors (Lipinski definition) is 5. The Morgan fingerprint density at radius 3 is 3.04 bits per heavy atom. The third kappa shape index (κ3) is 3.02. The van der Waals surface area contributed by atoms with Crippen LogP contribution in [0.3, 0.4) is 0 Å². The zero-order chi connectivity index (χ0) is 15.5. The number of pyridine rings is 1. The Bertz CT molecular complexity index is 663. The number of para-hydroxylation sites is 1. The van der Waals surface area contributed by atoms with Crippen molar-refractivity contribution in [2.24, 2.45) is 0 Å². The number of fused-ring (bicyclic) bond motifs is 1. The lowest BCUT2D eigenvalue weighted by Crippen LogP contribution is -2.45. The molecule has 0 amide bonds. The van der Waals surface area contributed by atoms with Gasteiger partial charge in [-0.1, -0.05) is 18.2 Å². The van der Waals surface area contributed by atoms with Gasteiger partial charge in [-0.05, 0) is 17.7 Å². The molecule has 0 spiro atoms. The molecule has 0 saturated carbocycles. The average Bonchev–Trinajstić information content (AvgIpc) is 2.63. The quantitative estimate of drug-likeness (QED) is 0.939. The zero-order valence-corrected chi connectivity index (χ0v) is 13.1. The van der Waals surface area contributed by atoms with E-state index in [9.17, 15) is 0 Å². The lowest BCUT2D eigenvalue weighted by molar-refractivity contribution is 0.142. The molecule has 1 saturated heterocycles. The van der Waals surface area contributed by atoms with E-state index in [0.717, 1.165) is 37.7 Å². The number of rotatable bonds is 3. The highest BCUT2D eigenvalue weighted by atomic mass is 16.6. The minimum Gasteiger partial charge on any atom is -0.486 e. The number of benzene rings is 1. The molecule has 5 heteroatoms. The first-order valence-electron chi connectivity index (χ1n) is 8.14. The van der Waals surface area contributed by atoms with E-state index >= 15 is 0 Å². The molecular weight excluding hydrogens is 290 g/mol. The van der Waals surface area contributed by atoms with Gasteiger partial charge in [0, 0.05) is 50.2 Å². The Labute approximate surface area is 136 Å². The van der Waals surface area contributed by atoms with Crippen LogP contribution in [0.2, 0.25) is 0 Å².